The Balaban J connectivity index is 2.05. The van der Waals surface area contributed by atoms with Gasteiger partial charge in [-0.3, -0.25) is 9.89 Å². The van der Waals surface area contributed by atoms with Crippen molar-refractivity contribution >= 4 is 5.78 Å². The van der Waals surface area contributed by atoms with Gasteiger partial charge >= 0.3 is 0 Å². The number of aliphatic hydroxyl groups excluding tert-OH is 1. The Kier molecular flexibility index (Phi) is 4.13. The number of Topliss-reactive ketones (excluding diaryl/α,β-unsaturated/α-hetero) is 1. The van der Waals surface area contributed by atoms with Crippen molar-refractivity contribution in [3.63, 3.8) is 0 Å². The molecule has 1 aromatic carbocycles. The first-order valence-corrected chi connectivity index (χ1v) is 7.29. The highest BCUT2D eigenvalue weighted by Gasteiger charge is 2.27. The maximum absolute atomic E-state index is 12.2. The fraction of sp³-hybridized carbons (Fsp3) is 0.375. The second kappa shape index (κ2) is 6.20. The molecule has 0 radical (unpaired) electrons. The summed E-state index contributed by atoms with van der Waals surface area (Å²) in [6.45, 7) is 1.39. The van der Waals surface area contributed by atoms with E-state index in [0.29, 0.717) is 17.2 Å². The van der Waals surface area contributed by atoms with Gasteiger partial charge < -0.3 is 10.4 Å². The van der Waals surface area contributed by atoms with Crippen molar-refractivity contribution in [3.8, 4) is 11.3 Å². The van der Waals surface area contributed by atoms with Crippen molar-refractivity contribution in [1.82, 2.24) is 15.5 Å². The van der Waals surface area contributed by atoms with Crippen molar-refractivity contribution in [2.75, 3.05) is 19.7 Å². The molecule has 21 heavy (non-hydrogen) atoms. The number of benzene rings is 1. The van der Waals surface area contributed by atoms with Crippen LogP contribution < -0.4 is 5.32 Å². The number of aliphatic hydroxyl groups is 1. The molecule has 0 saturated carbocycles. The van der Waals surface area contributed by atoms with Crippen LogP contribution in [0, 0.1) is 0 Å². The number of carbonyl (C=O) groups excluding carboxylic acids is 1. The topological polar surface area (TPSA) is 78.0 Å². The van der Waals surface area contributed by atoms with Crippen molar-refractivity contribution in [3.05, 3.63) is 41.6 Å². The zero-order valence-electron chi connectivity index (χ0n) is 11.8. The molecule has 0 atom stereocenters. The highest BCUT2D eigenvalue weighted by Crippen LogP contribution is 2.32. The van der Waals surface area contributed by atoms with Crippen molar-refractivity contribution in [2.45, 2.75) is 18.8 Å². The average molecular weight is 285 g/mol. The summed E-state index contributed by atoms with van der Waals surface area (Å²) in [5.41, 5.74) is 2.96. The Labute approximate surface area is 123 Å². The summed E-state index contributed by atoms with van der Waals surface area (Å²) in [7, 11) is 0. The van der Waals surface area contributed by atoms with Crippen LogP contribution in [0.5, 0.6) is 0 Å². The lowest BCUT2D eigenvalue weighted by Crippen LogP contribution is -2.27. The smallest absolute Gasteiger partial charge is 0.192 e. The number of aromatic amines is 1. The van der Waals surface area contributed by atoms with Gasteiger partial charge in [-0.25, -0.2) is 0 Å². The zero-order valence-corrected chi connectivity index (χ0v) is 11.8. The number of piperidine rings is 1. The molecular weight excluding hydrogens is 266 g/mol. The molecule has 1 aliphatic rings. The molecule has 110 valence electrons. The van der Waals surface area contributed by atoms with Crippen molar-refractivity contribution < 1.29 is 9.90 Å². The molecule has 0 bridgehead atoms. The minimum Gasteiger partial charge on any atom is -0.388 e. The third-order valence-electron chi connectivity index (χ3n) is 4.01. The zero-order chi connectivity index (χ0) is 14.7. The van der Waals surface area contributed by atoms with E-state index in [2.05, 4.69) is 15.5 Å². The highest BCUT2D eigenvalue weighted by molar-refractivity contribution is 6.03. The minimum absolute atomic E-state index is 0.267. The molecule has 5 nitrogen and oxygen atoms in total. The van der Waals surface area contributed by atoms with Crippen LogP contribution in [-0.2, 0) is 0 Å². The molecule has 0 aliphatic carbocycles. The van der Waals surface area contributed by atoms with Gasteiger partial charge in [0.05, 0.1) is 5.56 Å². The molecule has 2 heterocycles. The van der Waals surface area contributed by atoms with Crippen LogP contribution in [0.1, 0.15) is 34.8 Å². The van der Waals surface area contributed by atoms with Gasteiger partial charge in [0.15, 0.2) is 5.78 Å². The second-order valence-corrected chi connectivity index (χ2v) is 5.33. The molecule has 5 heteroatoms. The summed E-state index contributed by atoms with van der Waals surface area (Å²) in [6, 6.07) is 9.62. The lowest BCUT2D eigenvalue weighted by atomic mass is 9.89. The third kappa shape index (κ3) is 2.75. The molecule has 3 rings (SSSR count). The van der Waals surface area contributed by atoms with Gasteiger partial charge in [-0.05, 0) is 25.9 Å². The van der Waals surface area contributed by atoms with Crippen molar-refractivity contribution in [2.24, 2.45) is 0 Å². The summed E-state index contributed by atoms with van der Waals surface area (Å²) < 4.78 is 0. The number of hydrogen-bond acceptors (Lipinski definition) is 4. The standard InChI is InChI=1S/C16H19N3O2/c20-10-13(21)14-15(11-4-2-1-3-5-11)18-19-16(14)12-6-8-17-9-7-12/h1-5,12,17,20H,6-10H2,(H,18,19). The van der Waals surface area contributed by atoms with Gasteiger partial charge in [-0.15, -0.1) is 0 Å². The molecule has 0 unspecified atom stereocenters. The molecule has 1 aromatic heterocycles. The number of hydrogen-bond donors (Lipinski definition) is 3. The van der Waals surface area contributed by atoms with Gasteiger partial charge in [-0.1, -0.05) is 30.3 Å². The van der Waals surface area contributed by atoms with E-state index in [4.69, 9.17) is 0 Å². The van der Waals surface area contributed by atoms with E-state index >= 15 is 0 Å². The lowest BCUT2D eigenvalue weighted by Gasteiger charge is -2.22. The number of H-pyrrole nitrogens is 1. The van der Waals surface area contributed by atoms with Crippen LogP contribution in [0.4, 0.5) is 0 Å². The van der Waals surface area contributed by atoms with Crippen molar-refractivity contribution in [1.29, 1.82) is 0 Å². The highest BCUT2D eigenvalue weighted by atomic mass is 16.3. The normalized spacial score (nSPS) is 16.0. The maximum Gasteiger partial charge on any atom is 0.192 e. The van der Waals surface area contributed by atoms with E-state index in [0.717, 1.165) is 37.2 Å². The first kappa shape index (κ1) is 14.0. The Morgan fingerprint density at radius 2 is 1.95 bits per heavy atom. The van der Waals surface area contributed by atoms with Crippen LogP contribution >= 0.6 is 0 Å². The molecule has 2 aromatic rings. The number of ketones is 1. The van der Waals surface area contributed by atoms with E-state index in [-0.39, 0.29) is 5.78 Å². The fourth-order valence-corrected chi connectivity index (χ4v) is 2.93. The summed E-state index contributed by atoms with van der Waals surface area (Å²) in [4.78, 5) is 12.2. The number of aromatic nitrogens is 2. The Hall–Kier alpha value is -1.98. The summed E-state index contributed by atoms with van der Waals surface area (Å²) in [6.07, 6.45) is 1.95. The van der Waals surface area contributed by atoms with Crippen LogP contribution in [0.2, 0.25) is 0 Å². The molecule has 1 aliphatic heterocycles. The lowest BCUT2D eigenvalue weighted by molar-refractivity contribution is 0.0902. The van der Waals surface area contributed by atoms with Gasteiger partial charge in [0.1, 0.15) is 12.3 Å². The summed E-state index contributed by atoms with van der Waals surface area (Å²) in [5, 5.41) is 20.0. The monoisotopic (exact) mass is 285 g/mol. The average Bonchev–Trinajstić information content (AvgIpc) is 3.00. The van der Waals surface area contributed by atoms with E-state index < -0.39 is 6.61 Å². The molecule has 1 saturated heterocycles. The largest absolute Gasteiger partial charge is 0.388 e. The quantitative estimate of drug-likeness (QED) is 0.747. The Morgan fingerprint density at radius 3 is 2.62 bits per heavy atom. The van der Waals surface area contributed by atoms with Crippen LogP contribution in [0.3, 0.4) is 0 Å². The number of nitrogens with zero attached hydrogens (tertiary/aromatic N) is 1. The van der Waals surface area contributed by atoms with Crippen LogP contribution in [0.25, 0.3) is 11.3 Å². The van der Waals surface area contributed by atoms with E-state index in [9.17, 15) is 9.90 Å². The molecule has 0 spiro atoms. The van der Waals surface area contributed by atoms with Gasteiger partial charge in [-0.2, -0.15) is 5.10 Å². The van der Waals surface area contributed by atoms with Gasteiger partial charge in [0, 0.05) is 17.2 Å². The predicted octanol–water partition coefficient (Wildman–Crippen LogP) is 1.72. The summed E-state index contributed by atoms with van der Waals surface area (Å²) >= 11 is 0. The Bertz CT molecular complexity index is 616. The van der Waals surface area contributed by atoms with Crippen LogP contribution in [-0.4, -0.2) is 40.8 Å². The number of nitrogens with one attached hydrogen (secondary N) is 2. The van der Waals surface area contributed by atoms with E-state index in [1.165, 1.54) is 0 Å². The molecule has 3 N–H and O–H groups in total. The predicted molar refractivity (Wildman–Crippen MR) is 80.3 cm³/mol. The van der Waals surface area contributed by atoms with E-state index in [1.54, 1.807) is 0 Å². The maximum atomic E-state index is 12.2. The second-order valence-electron chi connectivity index (χ2n) is 5.33. The van der Waals surface area contributed by atoms with Gasteiger partial charge in [0.2, 0.25) is 0 Å². The number of rotatable bonds is 4. The fourth-order valence-electron chi connectivity index (χ4n) is 2.93. The van der Waals surface area contributed by atoms with E-state index in [1.807, 2.05) is 30.3 Å². The summed E-state index contributed by atoms with van der Waals surface area (Å²) in [5.74, 6) is 0.0258. The Morgan fingerprint density at radius 1 is 1.24 bits per heavy atom. The number of carbonyl (C=O) groups is 1. The molecule has 1 fully saturated rings. The molecular formula is C16H19N3O2. The SMILES string of the molecule is O=C(CO)c1c(-c2ccccc2)n[nH]c1C1CCNCC1. The van der Waals surface area contributed by atoms with Crippen LogP contribution in [0.15, 0.2) is 30.3 Å². The first-order chi connectivity index (χ1) is 10.3. The minimum atomic E-state index is -0.489. The molecule has 0 amide bonds. The first-order valence-electron chi connectivity index (χ1n) is 7.29. The van der Waals surface area contributed by atoms with Gasteiger partial charge in [0.25, 0.3) is 0 Å². The third-order valence-corrected chi connectivity index (χ3v) is 4.01.